The molecule has 0 spiro atoms. The van der Waals surface area contributed by atoms with Crippen LogP contribution in [0.15, 0.2) is 68.7 Å². The molecule has 4 heteroatoms. The molecule has 0 unspecified atom stereocenters. The minimum atomic E-state index is -0.242. The summed E-state index contributed by atoms with van der Waals surface area (Å²) in [4.78, 5) is 1.11. The molecule has 0 saturated carbocycles. The molecule has 0 atom stereocenters. The Bertz CT molecular complexity index is 910. The number of hydrogen-bond acceptors (Lipinski definition) is 3. The Morgan fingerprint density at radius 2 is 1.77 bits per heavy atom. The summed E-state index contributed by atoms with van der Waals surface area (Å²) in [5.74, 6) is 6.14. The monoisotopic (exact) mass is 365 g/mol. The molecule has 0 heterocycles. The maximum atomic E-state index is 14.5. The van der Waals surface area contributed by atoms with Crippen LogP contribution in [0, 0.1) is 22.5 Å². The molecule has 1 N–H and O–H groups in total. The summed E-state index contributed by atoms with van der Waals surface area (Å²) in [5.41, 5.74) is 4.80. The molecule has 3 aliphatic rings. The number of thiocyanates is 1. The van der Waals surface area contributed by atoms with Gasteiger partial charge in [-0.05, 0) is 85.7 Å². The minimum Gasteiger partial charge on any atom is -0.512 e. The van der Waals surface area contributed by atoms with E-state index in [1.807, 2.05) is 6.92 Å². The zero-order valence-corrected chi connectivity index (χ0v) is 15.5. The summed E-state index contributed by atoms with van der Waals surface area (Å²) in [7, 11) is 0. The van der Waals surface area contributed by atoms with E-state index in [0.29, 0.717) is 30.6 Å². The number of nitriles is 1. The summed E-state index contributed by atoms with van der Waals surface area (Å²) in [6, 6.07) is 0. The van der Waals surface area contributed by atoms with Crippen LogP contribution in [-0.4, -0.2) is 5.11 Å². The zero-order chi connectivity index (χ0) is 18.5. The molecular formula is C22H20FNOS. The highest BCUT2D eigenvalue weighted by molar-refractivity contribution is 8.07. The largest absolute Gasteiger partial charge is 0.512 e. The molecule has 0 radical (unpaired) electrons. The molecule has 0 bridgehead atoms. The molecule has 132 valence electrons. The van der Waals surface area contributed by atoms with Crippen LogP contribution in [0.2, 0.25) is 0 Å². The van der Waals surface area contributed by atoms with Crippen LogP contribution in [0.5, 0.6) is 0 Å². The first kappa shape index (κ1) is 18.4. The van der Waals surface area contributed by atoms with E-state index >= 15 is 0 Å². The van der Waals surface area contributed by atoms with E-state index < -0.39 is 0 Å². The quantitative estimate of drug-likeness (QED) is 0.461. The Kier molecular flexibility index (Phi) is 5.86. The third-order valence-corrected chi connectivity index (χ3v) is 5.63. The molecule has 0 aromatic rings. The maximum absolute atomic E-state index is 14.5. The van der Waals surface area contributed by atoms with Crippen molar-refractivity contribution in [2.75, 3.05) is 0 Å². The van der Waals surface area contributed by atoms with Crippen molar-refractivity contribution >= 4 is 11.8 Å². The first-order valence-electron chi connectivity index (χ1n) is 8.73. The second-order valence-corrected chi connectivity index (χ2v) is 7.44. The molecule has 0 aromatic carbocycles. The number of aliphatic hydroxyl groups is 1. The van der Waals surface area contributed by atoms with Crippen molar-refractivity contribution in [2.45, 2.75) is 45.4 Å². The first-order valence-corrected chi connectivity index (χ1v) is 9.55. The highest BCUT2D eigenvalue weighted by atomic mass is 32.2. The van der Waals surface area contributed by atoms with Gasteiger partial charge in [-0.15, -0.1) is 0 Å². The van der Waals surface area contributed by atoms with Gasteiger partial charge in [0, 0.05) is 22.5 Å². The number of thioether (sulfide) groups is 1. The van der Waals surface area contributed by atoms with Crippen LogP contribution >= 0.6 is 11.8 Å². The van der Waals surface area contributed by atoms with Crippen molar-refractivity contribution in [3.8, 4) is 17.2 Å². The number of allylic oxidation sites excluding steroid dienone is 12. The fraction of sp³-hybridized carbons (Fsp3) is 0.318. The number of rotatable bonds is 2. The van der Waals surface area contributed by atoms with Crippen LogP contribution < -0.4 is 0 Å². The highest BCUT2D eigenvalue weighted by Gasteiger charge is 2.19. The molecule has 0 aliphatic heterocycles. The number of aliphatic hydroxyl groups excluding tert-OH is 1. The Morgan fingerprint density at radius 3 is 2.42 bits per heavy atom. The fourth-order valence-corrected chi connectivity index (χ4v) is 3.79. The third kappa shape index (κ3) is 4.40. The lowest BCUT2D eigenvalue weighted by Gasteiger charge is -2.21. The Balaban J connectivity index is 1.78. The van der Waals surface area contributed by atoms with Gasteiger partial charge in [0.25, 0.3) is 0 Å². The average Bonchev–Trinajstić information content (AvgIpc) is 2.64. The van der Waals surface area contributed by atoms with E-state index in [0.717, 1.165) is 40.9 Å². The van der Waals surface area contributed by atoms with Crippen LogP contribution in [0.3, 0.4) is 0 Å². The lowest BCUT2D eigenvalue weighted by molar-refractivity contribution is 0.386. The number of nitrogens with zero attached hydrogens (tertiary/aromatic N) is 1. The second-order valence-electron chi connectivity index (χ2n) is 6.57. The minimum absolute atomic E-state index is 0.242. The number of halogens is 1. The normalized spacial score (nSPS) is 20.3. The van der Waals surface area contributed by atoms with E-state index in [2.05, 4.69) is 23.3 Å². The fourth-order valence-electron chi connectivity index (χ4n) is 3.25. The molecular weight excluding hydrogens is 345 g/mol. The second kappa shape index (κ2) is 8.30. The lowest BCUT2D eigenvalue weighted by Crippen LogP contribution is -2.03. The standard InChI is InChI=1S/C22H20FNOS/c1-15-12-18(8-11-22(15)26-14-24)19-7-6-17(21(23)13-19)5-2-16-3-9-20(25)10-4-16/h3,9,12-13,25H,4,6-8,10-11H2,1H3. The molecule has 2 nitrogen and oxygen atoms in total. The summed E-state index contributed by atoms with van der Waals surface area (Å²) >= 11 is 1.22. The SMILES string of the molecule is CC1=C(SC#N)CCC(C2=CC(F)=C(C#CC3=CC=C(O)CC3)CC2)=C1. The van der Waals surface area contributed by atoms with E-state index in [-0.39, 0.29) is 5.83 Å². The smallest absolute Gasteiger partial charge is 0.138 e. The molecule has 26 heavy (non-hydrogen) atoms. The van der Waals surface area contributed by atoms with Crippen molar-refractivity contribution in [2.24, 2.45) is 0 Å². The molecule has 3 aliphatic carbocycles. The van der Waals surface area contributed by atoms with Crippen LogP contribution in [0.1, 0.15) is 45.4 Å². The summed E-state index contributed by atoms with van der Waals surface area (Å²) < 4.78 is 14.5. The van der Waals surface area contributed by atoms with Gasteiger partial charge in [0.1, 0.15) is 11.2 Å². The predicted octanol–water partition coefficient (Wildman–Crippen LogP) is 6.30. The molecule has 0 fully saturated rings. The highest BCUT2D eigenvalue weighted by Crippen LogP contribution is 2.37. The van der Waals surface area contributed by atoms with E-state index in [4.69, 9.17) is 5.26 Å². The Morgan fingerprint density at radius 1 is 1.00 bits per heavy atom. The topological polar surface area (TPSA) is 44.0 Å². The van der Waals surface area contributed by atoms with E-state index in [9.17, 15) is 9.50 Å². The van der Waals surface area contributed by atoms with E-state index in [1.165, 1.54) is 17.3 Å². The lowest BCUT2D eigenvalue weighted by atomic mass is 9.87. The molecule has 0 saturated heterocycles. The van der Waals surface area contributed by atoms with E-state index in [1.54, 1.807) is 18.2 Å². The summed E-state index contributed by atoms with van der Waals surface area (Å²) in [5, 5.41) is 20.3. The third-order valence-electron chi connectivity index (χ3n) is 4.77. The van der Waals surface area contributed by atoms with Gasteiger partial charge in [0.2, 0.25) is 0 Å². The average molecular weight is 365 g/mol. The van der Waals surface area contributed by atoms with Gasteiger partial charge in [-0.2, -0.15) is 5.26 Å². The maximum Gasteiger partial charge on any atom is 0.138 e. The van der Waals surface area contributed by atoms with Crippen molar-refractivity contribution in [3.63, 3.8) is 0 Å². The van der Waals surface area contributed by atoms with Gasteiger partial charge in [0.15, 0.2) is 0 Å². The van der Waals surface area contributed by atoms with Crippen molar-refractivity contribution in [3.05, 3.63) is 68.7 Å². The van der Waals surface area contributed by atoms with Crippen LogP contribution in [-0.2, 0) is 0 Å². The predicted molar refractivity (Wildman–Crippen MR) is 104 cm³/mol. The number of hydrogen-bond donors (Lipinski definition) is 1. The van der Waals surface area contributed by atoms with Gasteiger partial charge < -0.3 is 5.11 Å². The van der Waals surface area contributed by atoms with Crippen molar-refractivity contribution in [1.29, 1.82) is 5.26 Å². The van der Waals surface area contributed by atoms with Crippen LogP contribution in [0.4, 0.5) is 4.39 Å². The van der Waals surface area contributed by atoms with Gasteiger partial charge in [0.05, 0.1) is 5.76 Å². The summed E-state index contributed by atoms with van der Waals surface area (Å²) in [6.45, 7) is 2.01. The van der Waals surface area contributed by atoms with Gasteiger partial charge in [-0.3, -0.25) is 0 Å². The van der Waals surface area contributed by atoms with Crippen LogP contribution in [0.25, 0.3) is 0 Å². The van der Waals surface area contributed by atoms with Gasteiger partial charge in [-0.1, -0.05) is 17.9 Å². The summed E-state index contributed by atoms with van der Waals surface area (Å²) in [6.07, 6.45) is 11.6. The Hall–Kier alpha value is -2.43. The van der Waals surface area contributed by atoms with Crippen molar-refractivity contribution in [1.82, 2.24) is 0 Å². The van der Waals surface area contributed by atoms with Crippen molar-refractivity contribution < 1.29 is 9.50 Å². The van der Waals surface area contributed by atoms with Gasteiger partial charge >= 0.3 is 0 Å². The first-order chi connectivity index (χ1) is 12.6. The van der Waals surface area contributed by atoms with Gasteiger partial charge in [-0.25, -0.2) is 4.39 Å². The zero-order valence-electron chi connectivity index (χ0n) is 14.7. The molecule has 3 rings (SSSR count). The molecule has 0 amide bonds. The molecule has 0 aromatic heterocycles. The Labute approximate surface area is 158 Å².